The highest BCUT2D eigenvalue weighted by Crippen LogP contribution is 2.26. The monoisotopic (exact) mass is 442 g/mol. The van der Waals surface area contributed by atoms with Crippen molar-refractivity contribution in [1.82, 2.24) is 13.4 Å². The SMILES string of the molecule is CCn1c(=O)n(CC)c2cc(S(=O)(=O)N3CCN(c4ccc(C)cc4C)CC3)ccc21. The number of aryl methyl sites for hydroxylation is 4. The molecule has 4 rings (SSSR count). The van der Waals surface area contributed by atoms with Gasteiger partial charge in [-0.2, -0.15) is 4.31 Å². The zero-order valence-corrected chi connectivity index (χ0v) is 19.4. The van der Waals surface area contributed by atoms with Crippen molar-refractivity contribution < 1.29 is 8.42 Å². The molecule has 0 amide bonds. The molecule has 0 spiro atoms. The Labute approximate surface area is 183 Å². The number of rotatable bonds is 5. The van der Waals surface area contributed by atoms with E-state index in [1.165, 1.54) is 11.1 Å². The summed E-state index contributed by atoms with van der Waals surface area (Å²) >= 11 is 0. The summed E-state index contributed by atoms with van der Waals surface area (Å²) in [5.74, 6) is 0. The molecule has 0 atom stereocenters. The molecule has 1 aliphatic heterocycles. The van der Waals surface area contributed by atoms with Crippen LogP contribution >= 0.6 is 0 Å². The molecule has 2 heterocycles. The van der Waals surface area contributed by atoms with Gasteiger partial charge in [0, 0.05) is 45.0 Å². The van der Waals surface area contributed by atoms with Crippen molar-refractivity contribution in [2.75, 3.05) is 31.1 Å². The fraction of sp³-hybridized carbons (Fsp3) is 0.435. The number of piperazine rings is 1. The van der Waals surface area contributed by atoms with Gasteiger partial charge in [0.2, 0.25) is 10.0 Å². The molecule has 0 unspecified atom stereocenters. The van der Waals surface area contributed by atoms with Crippen LogP contribution in [-0.2, 0) is 23.1 Å². The molecular formula is C23H30N4O3S. The van der Waals surface area contributed by atoms with Crippen LogP contribution in [0, 0.1) is 13.8 Å². The normalized spacial score (nSPS) is 15.7. The van der Waals surface area contributed by atoms with E-state index in [1.807, 2.05) is 13.8 Å². The zero-order valence-electron chi connectivity index (χ0n) is 18.6. The van der Waals surface area contributed by atoms with Gasteiger partial charge in [-0.05, 0) is 57.5 Å². The summed E-state index contributed by atoms with van der Waals surface area (Å²) in [4.78, 5) is 15.1. The molecule has 166 valence electrons. The first-order valence-electron chi connectivity index (χ1n) is 10.8. The second-order valence-electron chi connectivity index (χ2n) is 8.10. The van der Waals surface area contributed by atoms with Crippen LogP contribution in [0.4, 0.5) is 5.69 Å². The van der Waals surface area contributed by atoms with E-state index in [0.717, 1.165) is 11.2 Å². The van der Waals surface area contributed by atoms with E-state index in [0.29, 0.717) is 44.8 Å². The number of benzene rings is 2. The van der Waals surface area contributed by atoms with Crippen LogP contribution in [0.2, 0.25) is 0 Å². The lowest BCUT2D eigenvalue weighted by atomic mass is 10.1. The molecule has 1 saturated heterocycles. The van der Waals surface area contributed by atoms with Crippen LogP contribution in [0.5, 0.6) is 0 Å². The van der Waals surface area contributed by atoms with E-state index < -0.39 is 10.0 Å². The molecule has 0 N–H and O–H groups in total. The smallest absolute Gasteiger partial charge is 0.329 e. The van der Waals surface area contributed by atoms with Gasteiger partial charge in [-0.25, -0.2) is 13.2 Å². The van der Waals surface area contributed by atoms with Crippen LogP contribution in [-0.4, -0.2) is 48.0 Å². The Morgan fingerprint density at radius 2 is 1.48 bits per heavy atom. The van der Waals surface area contributed by atoms with Gasteiger partial charge in [-0.3, -0.25) is 9.13 Å². The summed E-state index contributed by atoms with van der Waals surface area (Å²) in [5, 5.41) is 0. The number of anilines is 1. The first kappa shape index (κ1) is 21.6. The van der Waals surface area contributed by atoms with Crippen LogP contribution in [0.15, 0.2) is 46.1 Å². The van der Waals surface area contributed by atoms with Gasteiger partial charge in [0.05, 0.1) is 15.9 Å². The Morgan fingerprint density at radius 3 is 2.10 bits per heavy atom. The standard InChI is InChI=1S/C23H30N4O3S/c1-5-26-21-10-8-19(16-22(21)27(6-2)23(26)28)31(29,30)25-13-11-24(12-14-25)20-9-7-17(3)15-18(20)4/h7-10,15-16H,5-6,11-14H2,1-4H3. The molecule has 0 bridgehead atoms. The third-order valence-corrected chi connectivity index (χ3v) is 8.09. The highest BCUT2D eigenvalue weighted by Gasteiger charge is 2.29. The minimum Gasteiger partial charge on any atom is -0.369 e. The Balaban J connectivity index is 1.61. The number of hydrogen-bond acceptors (Lipinski definition) is 4. The largest absolute Gasteiger partial charge is 0.369 e. The fourth-order valence-electron chi connectivity index (χ4n) is 4.55. The molecule has 7 nitrogen and oxygen atoms in total. The Morgan fingerprint density at radius 1 is 0.839 bits per heavy atom. The lowest BCUT2D eigenvalue weighted by molar-refractivity contribution is 0.385. The summed E-state index contributed by atoms with van der Waals surface area (Å²) in [6, 6.07) is 11.4. The molecule has 8 heteroatoms. The fourth-order valence-corrected chi connectivity index (χ4v) is 5.99. The summed E-state index contributed by atoms with van der Waals surface area (Å²) < 4.78 is 31.6. The van der Waals surface area contributed by atoms with Crippen molar-refractivity contribution in [1.29, 1.82) is 0 Å². The van der Waals surface area contributed by atoms with Gasteiger partial charge in [0.1, 0.15) is 0 Å². The number of aromatic nitrogens is 2. The van der Waals surface area contributed by atoms with E-state index >= 15 is 0 Å². The maximum absolute atomic E-state index is 13.4. The van der Waals surface area contributed by atoms with Crippen molar-refractivity contribution >= 4 is 26.7 Å². The minimum absolute atomic E-state index is 0.100. The average molecular weight is 443 g/mol. The zero-order chi connectivity index (χ0) is 22.3. The number of sulfonamides is 1. The first-order chi connectivity index (χ1) is 14.8. The maximum Gasteiger partial charge on any atom is 0.329 e. The van der Waals surface area contributed by atoms with E-state index in [-0.39, 0.29) is 10.6 Å². The molecule has 1 aliphatic rings. The van der Waals surface area contributed by atoms with Crippen LogP contribution in [0.1, 0.15) is 25.0 Å². The van der Waals surface area contributed by atoms with Crippen molar-refractivity contribution in [2.45, 2.75) is 45.7 Å². The minimum atomic E-state index is -3.63. The lowest BCUT2D eigenvalue weighted by Gasteiger charge is -2.36. The van der Waals surface area contributed by atoms with E-state index in [9.17, 15) is 13.2 Å². The molecular weight excluding hydrogens is 412 g/mol. The molecule has 3 aromatic rings. The highest BCUT2D eigenvalue weighted by atomic mass is 32.2. The number of fused-ring (bicyclic) bond motifs is 1. The topological polar surface area (TPSA) is 67.5 Å². The maximum atomic E-state index is 13.4. The molecule has 0 saturated carbocycles. The first-order valence-corrected chi connectivity index (χ1v) is 12.3. The average Bonchev–Trinajstić information content (AvgIpc) is 3.03. The molecule has 1 fully saturated rings. The Hall–Kier alpha value is -2.58. The van der Waals surface area contributed by atoms with Crippen molar-refractivity contribution in [3.8, 4) is 0 Å². The number of imidazole rings is 1. The van der Waals surface area contributed by atoms with Crippen molar-refractivity contribution in [2.24, 2.45) is 0 Å². The number of hydrogen-bond donors (Lipinski definition) is 0. The van der Waals surface area contributed by atoms with Gasteiger partial charge in [-0.1, -0.05) is 17.7 Å². The molecule has 0 aliphatic carbocycles. The lowest BCUT2D eigenvalue weighted by Crippen LogP contribution is -2.48. The predicted molar refractivity (Wildman–Crippen MR) is 124 cm³/mol. The van der Waals surface area contributed by atoms with Gasteiger partial charge in [0.15, 0.2) is 0 Å². The summed E-state index contributed by atoms with van der Waals surface area (Å²) in [6.07, 6.45) is 0. The Bertz CT molecular complexity index is 1280. The second kappa shape index (κ2) is 8.16. The van der Waals surface area contributed by atoms with Crippen molar-refractivity contribution in [3.63, 3.8) is 0 Å². The molecule has 1 aromatic heterocycles. The number of nitrogens with zero attached hydrogens (tertiary/aromatic N) is 4. The van der Waals surface area contributed by atoms with Gasteiger partial charge in [0.25, 0.3) is 0 Å². The third kappa shape index (κ3) is 3.68. The van der Waals surface area contributed by atoms with Crippen LogP contribution < -0.4 is 10.6 Å². The van der Waals surface area contributed by atoms with Crippen LogP contribution in [0.25, 0.3) is 11.0 Å². The van der Waals surface area contributed by atoms with Crippen LogP contribution in [0.3, 0.4) is 0 Å². The van der Waals surface area contributed by atoms with E-state index in [1.54, 1.807) is 31.6 Å². The summed E-state index contributed by atoms with van der Waals surface area (Å²) in [6.45, 7) is 11.2. The predicted octanol–water partition coefficient (Wildman–Crippen LogP) is 2.97. The quantitative estimate of drug-likeness (QED) is 0.609. The highest BCUT2D eigenvalue weighted by molar-refractivity contribution is 7.89. The summed E-state index contributed by atoms with van der Waals surface area (Å²) in [7, 11) is -3.63. The molecule has 2 aromatic carbocycles. The molecule has 31 heavy (non-hydrogen) atoms. The summed E-state index contributed by atoms with van der Waals surface area (Å²) in [5.41, 5.74) is 4.94. The van der Waals surface area contributed by atoms with E-state index in [4.69, 9.17) is 0 Å². The second-order valence-corrected chi connectivity index (χ2v) is 10.0. The van der Waals surface area contributed by atoms with Crippen molar-refractivity contribution in [3.05, 3.63) is 58.0 Å². The van der Waals surface area contributed by atoms with Gasteiger partial charge < -0.3 is 4.90 Å². The Kier molecular flexibility index (Phi) is 5.70. The van der Waals surface area contributed by atoms with E-state index in [2.05, 4.69) is 36.9 Å². The third-order valence-electron chi connectivity index (χ3n) is 6.19. The molecule has 0 radical (unpaired) electrons. The van der Waals surface area contributed by atoms with Gasteiger partial charge >= 0.3 is 5.69 Å². The van der Waals surface area contributed by atoms with Gasteiger partial charge in [-0.15, -0.1) is 0 Å².